The van der Waals surface area contributed by atoms with E-state index in [0.29, 0.717) is 11.6 Å². The van der Waals surface area contributed by atoms with Gasteiger partial charge in [-0.25, -0.2) is 0 Å². The van der Waals surface area contributed by atoms with E-state index in [1.54, 1.807) is 4.68 Å². The highest BCUT2D eigenvalue weighted by Gasteiger charge is 2.12. The molecule has 0 fully saturated rings. The van der Waals surface area contributed by atoms with Crippen LogP contribution < -0.4 is 5.73 Å². The van der Waals surface area contributed by atoms with Crippen LogP contribution in [-0.2, 0) is 5.75 Å². The summed E-state index contributed by atoms with van der Waals surface area (Å²) in [5.41, 5.74) is 8.53. The van der Waals surface area contributed by atoms with E-state index < -0.39 is 0 Å². The van der Waals surface area contributed by atoms with Gasteiger partial charge in [0.15, 0.2) is 11.0 Å². The molecule has 0 aliphatic carbocycles. The van der Waals surface area contributed by atoms with Crippen molar-refractivity contribution in [3.05, 3.63) is 35.2 Å². The maximum absolute atomic E-state index is 7.22. The third-order valence-electron chi connectivity index (χ3n) is 2.54. The maximum Gasteiger partial charge on any atom is 0.167 e. The van der Waals surface area contributed by atoms with Gasteiger partial charge < -0.3 is 5.73 Å². The lowest BCUT2D eigenvalue weighted by molar-refractivity contribution is 0.769. The molecule has 0 bridgehead atoms. The molecule has 7 heteroatoms. The number of rotatable bonds is 3. The summed E-state index contributed by atoms with van der Waals surface area (Å²) in [6.45, 7) is 4.04. The van der Waals surface area contributed by atoms with Crippen LogP contribution in [0.5, 0.6) is 0 Å². The molecule has 3 N–H and O–H groups in total. The van der Waals surface area contributed by atoms with Gasteiger partial charge in [0.2, 0.25) is 0 Å². The molecule has 2 rings (SSSR count). The van der Waals surface area contributed by atoms with Crippen LogP contribution in [-0.4, -0.2) is 25.4 Å². The number of thioether (sulfide) groups is 1. The number of tetrazole rings is 1. The highest BCUT2D eigenvalue weighted by Crippen LogP contribution is 2.20. The highest BCUT2D eigenvalue weighted by atomic mass is 32.2. The second kappa shape index (κ2) is 5.18. The minimum Gasteiger partial charge on any atom is -0.379 e. The molecule has 94 valence electrons. The van der Waals surface area contributed by atoms with E-state index >= 15 is 0 Å². The summed E-state index contributed by atoms with van der Waals surface area (Å²) >= 11 is 1.21. The van der Waals surface area contributed by atoms with Crippen molar-refractivity contribution in [1.82, 2.24) is 20.2 Å². The Morgan fingerprint density at radius 1 is 1.39 bits per heavy atom. The number of hydrogen-bond acceptors (Lipinski definition) is 5. The topological polar surface area (TPSA) is 93.5 Å². The molecule has 0 unspecified atom stereocenters. The summed E-state index contributed by atoms with van der Waals surface area (Å²) in [6.07, 6.45) is 0. The SMILES string of the molecule is Cc1cccc(C)c1-n1nnnc1CSC(=N)N. The number of hydrogen-bond donors (Lipinski definition) is 2. The molecule has 0 spiro atoms. The first-order chi connectivity index (χ1) is 8.59. The minimum atomic E-state index is 0.0612. The summed E-state index contributed by atoms with van der Waals surface area (Å²) < 4.78 is 1.71. The van der Waals surface area contributed by atoms with Gasteiger partial charge in [0.1, 0.15) is 0 Å². The van der Waals surface area contributed by atoms with E-state index in [1.807, 2.05) is 32.0 Å². The van der Waals surface area contributed by atoms with E-state index in [2.05, 4.69) is 15.5 Å². The minimum absolute atomic E-state index is 0.0612. The Morgan fingerprint density at radius 3 is 2.67 bits per heavy atom. The van der Waals surface area contributed by atoms with E-state index in [4.69, 9.17) is 11.1 Å². The van der Waals surface area contributed by atoms with Gasteiger partial charge in [0.05, 0.1) is 11.4 Å². The number of aromatic nitrogens is 4. The van der Waals surface area contributed by atoms with Gasteiger partial charge in [0, 0.05) is 0 Å². The molecule has 18 heavy (non-hydrogen) atoms. The summed E-state index contributed by atoms with van der Waals surface area (Å²) in [5, 5.41) is 19.0. The Labute approximate surface area is 109 Å². The lowest BCUT2D eigenvalue weighted by Crippen LogP contribution is -2.09. The quantitative estimate of drug-likeness (QED) is 0.644. The van der Waals surface area contributed by atoms with Crippen LogP contribution >= 0.6 is 11.8 Å². The highest BCUT2D eigenvalue weighted by molar-refractivity contribution is 8.13. The summed E-state index contributed by atoms with van der Waals surface area (Å²) in [4.78, 5) is 0. The van der Waals surface area contributed by atoms with Crippen molar-refractivity contribution in [1.29, 1.82) is 5.41 Å². The zero-order valence-electron chi connectivity index (χ0n) is 10.2. The number of benzene rings is 1. The first kappa shape index (κ1) is 12.6. The summed E-state index contributed by atoms with van der Waals surface area (Å²) in [6, 6.07) is 6.04. The number of nitrogens with one attached hydrogen (secondary N) is 1. The molecule has 0 atom stereocenters. The summed E-state index contributed by atoms with van der Waals surface area (Å²) in [7, 11) is 0. The van der Waals surface area contributed by atoms with Crippen molar-refractivity contribution in [2.24, 2.45) is 5.73 Å². The Balaban J connectivity index is 2.39. The monoisotopic (exact) mass is 262 g/mol. The first-order valence-corrected chi connectivity index (χ1v) is 6.39. The van der Waals surface area contributed by atoms with Crippen molar-refractivity contribution < 1.29 is 0 Å². The third-order valence-corrected chi connectivity index (χ3v) is 3.26. The third kappa shape index (κ3) is 2.51. The maximum atomic E-state index is 7.22. The average molecular weight is 262 g/mol. The number of amidine groups is 1. The van der Waals surface area contributed by atoms with Crippen LogP contribution in [0.4, 0.5) is 0 Å². The Bertz CT molecular complexity index is 556. The molecule has 2 aromatic rings. The smallest absolute Gasteiger partial charge is 0.167 e. The zero-order valence-corrected chi connectivity index (χ0v) is 11.0. The van der Waals surface area contributed by atoms with Crippen molar-refractivity contribution in [3.63, 3.8) is 0 Å². The number of para-hydroxylation sites is 1. The van der Waals surface area contributed by atoms with Crippen molar-refractivity contribution in [2.75, 3.05) is 0 Å². The standard InChI is InChI=1S/C11H14N6S/c1-7-4-3-5-8(2)10(7)17-9(14-15-16-17)6-18-11(12)13/h3-5H,6H2,1-2H3,(H3,12,13). The van der Waals surface area contributed by atoms with Crippen LogP contribution in [0, 0.1) is 19.3 Å². The molecular formula is C11H14N6S. The fourth-order valence-corrected chi connectivity index (χ4v) is 2.22. The summed E-state index contributed by atoms with van der Waals surface area (Å²) in [5.74, 6) is 1.17. The first-order valence-electron chi connectivity index (χ1n) is 5.40. The van der Waals surface area contributed by atoms with E-state index in [-0.39, 0.29) is 5.17 Å². The molecule has 0 aliphatic heterocycles. The second-order valence-electron chi connectivity index (χ2n) is 3.90. The zero-order chi connectivity index (χ0) is 13.1. The van der Waals surface area contributed by atoms with Crippen LogP contribution in [0.15, 0.2) is 18.2 Å². The molecule has 0 radical (unpaired) electrons. The van der Waals surface area contributed by atoms with Gasteiger partial charge >= 0.3 is 0 Å². The fraction of sp³-hybridized carbons (Fsp3) is 0.273. The predicted molar refractivity (Wildman–Crippen MR) is 71.8 cm³/mol. The van der Waals surface area contributed by atoms with Crippen LogP contribution in [0.1, 0.15) is 17.0 Å². The Hall–Kier alpha value is -1.89. The molecular weight excluding hydrogens is 248 g/mol. The van der Waals surface area contributed by atoms with E-state index in [9.17, 15) is 0 Å². The molecule has 6 nitrogen and oxygen atoms in total. The van der Waals surface area contributed by atoms with Crippen LogP contribution in [0.2, 0.25) is 0 Å². The molecule has 1 heterocycles. The fourth-order valence-electron chi connectivity index (χ4n) is 1.75. The average Bonchev–Trinajstić information content (AvgIpc) is 2.74. The van der Waals surface area contributed by atoms with Crippen LogP contribution in [0.3, 0.4) is 0 Å². The molecule has 0 aliphatic rings. The number of nitrogens with zero attached hydrogens (tertiary/aromatic N) is 4. The Kier molecular flexibility index (Phi) is 3.61. The van der Waals surface area contributed by atoms with E-state index in [1.165, 1.54) is 11.8 Å². The van der Waals surface area contributed by atoms with Crippen molar-refractivity contribution in [3.8, 4) is 5.69 Å². The predicted octanol–water partition coefficient (Wildman–Crippen LogP) is 1.41. The lowest BCUT2D eigenvalue weighted by Gasteiger charge is -2.10. The van der Waals surface area contributed by atoms with Gasteiger partial charge in [-0.1, -0.05) is 30.0 Å². The molecule has 1 aromatic heterocycles. The van der Waals surface area contributed by atoms with E-state index in [0.717, 1.165) is 16.8 Å². The van der Waals surface area contributed by atoms with Gasteiger partial charge in [-0.15, -0.1) is 5.10 Å². The van der Waals surface area contributed by atoms with Gasteiger partial charge in [-0.3, -0.25) is 5.41 Å². The van der Waals surface area contributed by atoms with Gasteiger partial charge in [-0.2, -0.15) is 4.68 Å². The normalized spacial score (nSPS) is 10.6. The van der Waals surface area contributed by atoms with Gasteiger partial charge in [-0.05, 0) is 35.4 Å². The van der Waals surface area contributed by atoms with Crippen molar-refractivity contribution in [2.45, 2.75) is 19.6 Å². The van der Waals surface area contributed by atoms with Crippen LogP contribution in [0.25, 0.3) is 5.69 Å². The lowest BCUT2D eigenvalue weighted by atomic mass is 10.1. The number of nitrogens with two attached hydrogens (primary N) is 1. The van der Waals surface area contributed by atoms with Gasteiger partial charge in [0.25, 0.3) is 0 Å². The Morgan fingerprint density at radius 2 is 2.06 bits per heavy atom. The molecule has 0 saturated heterocycles. The largest absolute Gasteiger partial charge is 0.379 e. The number of aryl methyl sites for hydroxylation is 2. The molecule has 1 aromatic carbocycles. The second-order valence-corrected chi connectivity index (χ2v) is 4.92. The molecule has 0 amide bonds. The molecule has 0 saturated carbocycles. The van der Waals surface area contributed by atoms with Crippen molar-refractivity contribution >= 4 is 16.9 Å².